The Hall–Kier alpha value is -2.73. The largest absolute Gasteiger partial charge is 0.490 e. The van der Waals surface area contributed by atoms with E-state index in [1.807, 2.05) is 0 Å². The Kier molecular flexibility index (Phi) is 6.86. The summed E-state index contributed by atoms with van der Waals surface area (Å²) in [6, 6.07) is 32.2. The first-order valence-corrected chi connectivity index (χ1v) is 8.81. The van der Waals surface area contributed by atoms with Gasteiger partial charge in [-0.15, -0.1) is 0 Å². The number of carbonyl (C=O) groups is 1. The number of halogens is 3. The van der Waals surface area contributed by atoms with Gasteiger partial charge in [0.2, 0.25) is 0 Å². The monoisotopic (exact) mass is 377 g/mol. The van der Waals surface area contributed by atoms with Crippen LogP contribution in [-0.4, -0.2) is 17.3 Å². The van der Waals surface area contributed by atoms with Crippen molar-refractivity contribution >= 4 is 16.9 Å². The molecule has 0 heterocycles. The zero-order valence-corrected chi connectivity index (χ0v) is 14.4. The first-order chi connectivity index (χ1) is 12.4. The molecule has 3 aromatic rings. The summed E-state index contributed by atoms with van der Waals surface area (Å²) in [6.45, 7) is 0. The normalized spacial score (nSPS) is 10.8. The molecular formula is C20H16F3O2S+. The maximum absolute atomic E-state index is 10.6. The number of hydrogen-bond acceptors (Lipinski definition) is 1. The first kappa shape index (κ1) is 19.6. The highest BCUT2D eigenvalue weighted by atomic mass is 32.2. The van der Waals surface area contributed by atoms with Crippen molar-refractivity contribution < 1.29 is 23.1 Å². The van der Waals surface area contributed by atoms with E-state index in [1.165, 1.54) is 14.7 Å². The molecule has 0 aliphatic heterocycles. The average molecular weight is 377 g/mol. The molecule has 0 amide bonds. The van der Waals surface area contributed by atoms with Gasteiger partial charge in [0.05, 0.1) is 10.9 Å². The summed E-state index contributed by atoms with van der Waals surface area (Å²) < 4.78 is 31.7. The molecule has 0 unspecified atom stereocenters. The molecule has 0 spiro atoms. The van der Waals surface area contributed by atoms with Gasteiger partial charge in [0.1, 0.15) is 0 Å². The van der Waals surface area contributed by atoms with Gasteiger partial charge in [-0.1, -0.05) is 54.6 Å². The van der Waals surface area contributed by atoms with Crippen molar-refractivity contribution in [2.45, 2.75) is 20.9 Å². The molecule has 0 fully saturated rings. The number of benzene rings is 3. The summed E-state index contributed by atoms with van der Waals surface area (Å²) in [6.07, 6.45) is -5.08. The summed E-state index contributed by atoms with van der Waals surface area (Å²) >= 11 is 0. The van der Waals surface area contributed by atoms with Gasteiger partial charge in [-0.05, 0) is 36.4 Å². The third kappa shape index (κ3) is 5.67. The molecule has 3 rings (SSSR count). The molecule has 2 nitrogen and oxygen atoms in total. The third-order valence-electron chi connectivity index (χ3n) is 3.18. The summed E-state index contributed by atoms with van der Waals surface area (Å²) in [4.78, 5) is 13.0. The minimum atomic E-state index is -5.08. The Labute approximate surface area is 152 Å². The summed E-state index contributed by atoms with van der Waals surface area (Å²) in [5.41, 5.74) is 0. The average Bonchev–Trinajstić information content (AvgIpc) is 2.64. The van der Waals surface area contributed by atoms with Crippen LogP contribution in [-0.2, 0) is 15.7 Å². The van der Waals surface area contributed by atoms with Gasteiger partial charge in [0.25, 0.3) is 0 Å². The molecule has 1 N–H and O–H groups in total. The van der Waals surface area contributed by atoms with E-state index in [2.05, 4.69) is 91.0 Å². The molecule has 134 valence electrons. The second-order valence-corrected chi connectivity index (χ2v) is 7.07. The quantitative estimate of drug-likeness (QED) is 0.619. The van der Waals surface area contributed by atoms with Crippen LogP contribution in [0.4, 0.5) is 13.2 Å². The Morgan fingerprint density at radius 2 is 0.885 bits per heavy atom. The van der Waals surface area contributed by atoms with Gasteiger partial charge in [0.15, 0.2) is 14.7 Å². The van der Waals surface area contributed by atoms with Crippen LogP contribution in [0.5, 0.6) is 0 Å². The lowest BCUT2D eigenvalue weighted by Crippen LogP contribution is -2.21. The second-order valence-electron chi connectivity index (χ2n) is 5.05. The molecule has 0 aromatic heterocycles. The van der Waals surface area contributed by atoms with E-state index in [9.17, 15) is 13.2 Å². The van der Waals surface area contributed by atoms with Crippen LogP contribution in [0, 0.1) is 0 Å². The summed E-state index contributed by atoms with van der Waals surface area (Å²) in [7, 11) is -0.0146. The molecule has 6 heteroatoms. The van der Waals surface area contributed by atoms with Crippen LogP contribution in [0.3, 0.4) is 0 Å². The maximum Gasteiger partial charge on any atom is 0.490 e. The predicted octanol–water partition coefficient (Wildman–Crippen LogP) is 5.42. The fourth-order valence-electron chi connectivity index (χ4n) is 2.08. The van der Waals surface area contributed by atoms with Crippen LogP contribution in [0.2, 0.25) is 0 Å². The van der Waals surface area contributed by atoms with E-state index in [0.29, 0.717) is 0 Å². The lowest BCUT2D eigenvalue weighted by Gasteiger charge is -2.07. The lowest BCUT2D eigenvalue weighted by molar-refractivity contribution is -0.192. The number of carboxylic acid groups (broad SMARTS) is 1. The van der Waals surface area contributed by atoms with E-state index >= 15 is 0 Å². The van der Waals surface area contributed by atoms with Crippen molar-refractivity contribution in [3.8, 4) is 0 Å². The molecule has 0 atom stereocenters. The molecule has 26 heavy (non-hydrogen) atoms. The van der Waals surface area contributed by atoms with E-state index in [1.54, 1.807) is 0 Å². The molecule has 0 saturated heterocycles. The molecular weight excluding hydrogens is 361 g/mol. The highest BCUT2D eigenvalue weighted by molar-refractivity contribution is 7.97. The standard InChI is InChI=1S/C18H15S.C2HF3O2/c1-4-10-16(11-5-1)19(17-12-6-2-7-13-17)18-14-8-3-9-15-18;3-2(4,5)1(6)7/h1-15H;(H,6,7)/q+1;. The van der Waals surface area contributed by atoms with Gasteiger partial charge in [-0.25, -0.2) is 4.79 Å². The minimum absolute atomic E-state index is 0.0146. The van der Waals surface area contributed by atoms with Crippen molar-refractivity contribution in [1.82, 2.24) is 0 Å². The molecule has 0 saturated carbocycles. The van der Waals surface area contributed by atoms with Crippen LogP contribution < -0.4 is 0 Å². The van der Waals surface area contributed by atoms with Gasteiger partial charge in [0, 0.05) is 0 Å². The number of rotatable bonds is 3. The van der Waals surface area contributed by atoms with Gasteiger partial charge < -0.3 is 5.11 Å². The van der Waals surface area contributed by atoms with E-state index < -0.39 is 12.1 Å². The fraction of sp³-hybridized carbons (Fsp3) is 0.0500. The molecule has 3 aromatic carbocycles. The molecule has 0 radical (unpaired) electrons. The van der Waals surface area contributed by atoms with Crippen LogP contribution >= 0.6 is 0 Å². The number of carboxylic acids is 1. The highest BCUT2D eigenvalue weighted by Crippen LogP contribution is 2.30. The molecule has 0 aliphatic carbocycles. The van der Waals surface area contributed by atoms with Crippen LogP contribution in [0.1, 0.15) is 0 Å². The second kappa shape index (κ2) is 9.10. The van der Waals surface area contributed by atoms with E-state index in [-0.39, 0.29) is 10.9 Å². The Balaban J connectivity index is 0.000000298. The van der Waals surface area contributed by atoms with Crippen LogP contribution in [0.15, 0.2) is 106 Å². The zero-order valence-electron chi connectivity index (χ0n) is 13.6. The lowest BCUT2D eigenvalue weighted by atomic mass is 10.4. The zero-order chi connectivity index (χ0) is 19.0. The van der Waals surface area contributed by atoms with Gasteiger partial charge in [-0.3, -0.25) is 0 Å². The van der Waals surface area contributed by atoms with Gasteiger partial charge in [-0.2, -0.15) is 13.2 Å². The smallest absolute Gasteiger partial charge is 0.475 e. The van der Waals surface area contributed by atoms with Crippen molar-refractivity contribution in [3.63, 3.8) is 0 Å². The number of alkyl halides is 3. The highest BCUT2D eigenvalue weighted by Gasteiger charge is 2.38. The summed E-state index contributed by atoms with van der Waals surface area (Å²) in [5, 5.41) is 7.12. The Morgan fingerprint density at radius 1 is 0.654 bits per heavy atom. The van der Waals surface area contributed by atoms with Crippen molar-refractivity contribution in [2.75, 3.05) is 0 Å². The number of hydrogen-bond donors (Lipinski definition) is 1. The molecule has 0 aliphatic rings. The van der Waals surface area contributed by atoms with Gasteiger partial charge >= 0.3 is 12.1 Å². The SMILES string of the molecule is O=C(O)C(F)(F)F.c1ccc([S+](c2ccccc2)c2ccccc2)cc1. The van der Waals surface area contributed by atoms with E-state index in [4.69, 9.17) is 9.90 Å². The maximum atomic E-state index is 10.6. The summed E-state index contributed by atoms with van der Waals surface area (Å²) in [5.74, 6) is -2.76. The van der Waals surface area contributed by atoms with Crippen LogP contribution in [0.25, 0.3) is 0 Å². The van der Waals surface area contributed by atoms with Crippen molar-refractivity contribution in [2.24, 2.45) is 0 Å². The first-order valence-electron chi connectivity index (χ1n) is 7.59. The Bertz CT molecular complexity index is 713. The minimum Gasteiger partial charge on any atom is -0.475 e. The molecule has 0 bridgehead atoms. The van der Waals surface area contributed by atoms with Crippen molar-refractivity contribution in [1.29, 1.82) is 0 Å². The topological polar surface area (TPSA) is 37.3 Å². The number of aliphatic carboxylic acids is 1. The fourth-order valence-corrected chi connectivity index (χ4v) is 4.18. The van der Waals surface area contributed by atoms with E-state index in [0.717, 1.165) is 0 Å². The predicted molar refractivity (Wildman–Crippen MR) is 95.2 cm³/mol. The Morgan fingerprint density at radius 3 is 1.08 bits per heavy atom. The van der Waals surface area contributed by atoms with Crippen molar-refractivity contribution in [3.05, 3.63) is 91.0 Å². The third-order valence-corrected chi connectivity index (χ3v) is 5.41.